The first-order valence-corrected chi connectivity index (χ1v) is 6.87. The zero-order valence-corrected chi connectivity index (χ0v) is 12.7. The molecule has 0 fully saturated rings. The van der Waals surface area contributed by atoms with E-state index < -0.39 is 12.0 Å². The average Bonchev–Trinajstić information content (AvgIpc) is 2.51. The van der Waals surface area contributed by atoms with Gasteiger partial charge in [0.05, 0.1) is 21.3 Å². The molecular formula is C15H21NO5. The van der Waals surface area contributed by atoms with Crippen molar-refractivity contribution in [2.75, 3.05) is 21.3 Å². The summed E-state index contributed by atoms with van der Waals surface area (Å²) >= 11 is 0. The van der Waals surface area contributed by atoms with Crippen molar-refractivity contribution in [1.29, 1.82) is 0 Å². The molecule has 1 aromatic rings. The van der Waals surface area contributed by atoms with Gasteiger partial charge in [0.25, 0.3) is 0 Å². The smallest absolute Gasteiger partial charge is 0.325 e. The summed E-state index contributed by atoms with van der Waals surface area (Å²) in [5.74, 6) is 0.456. The second-order valence-electron chi connectivity index (χ2n) is 4.97. The molecule has 116 valence electrons. The van der Waals surface area contributed by atoms with Gasteiger partial charge in [-0.25, -0.2) is 0 Å². The van der Waals surface area contributed by atoms with Gasteiger partial charge in [0.2, 0.25) is 5.75 Å². The number of carboxylic acids is 1. The molecule has 2 atom stereocenters. The zero-order valence-electron chi connectivity index (χ0n) is 12.7. The van der Waals surface area contributed by atoms with Crippen LogP contribution in [0.4, 0.5) is 0 Å². The Morgan fingerprint density at radius 1 is 1.29 bits per heavy atom. The van der Waals surface area contributed by atoms with E-state index in [1.54, 1.807) is 7.11 Å². The van der Waals surface area contributed by atoms with Crippen LogP contribution < -0.4 is 19.5 Å². The Morgan fingerprint density at radius 3 is 2.43 bits per heavy atom. The first-order chi connectivity index (χ1) is 10.1. The van der Waals surface area contributed by atoms with E-state index in [4.69, 9.17) is 14.2 Å². The van der Waals surface area contributed by atoms with E-state index in [9.17, 15) is 9.90 Å². The highest BCUT2D eigenvalue weighted by atomic mass is 16.5. The van der Waals surface area contributed by atoms with Crippen LogP contribution in [-0.2, 0) is 11.2 Å². The van der Waals surface area contributed by atoms with Gasteiger partial charge in [-0.15, -0.1) is 0 Å². The summed E-state index contributed by atoms with van der Waals surface area (Å²) in [5.41, 5.74) is 1.54. The fourth-order valence-corrected chi connectivity index (χ4v) is 2.81. The topological polar surface area (TPSA) is 77.0 Å². The molecular weight excluding hydrogens is 274 g/mol. The number of hydrogen-bond acceptors (Lipinski definition) is 5. The van der Waals surface area contributed by atoms with Crippen LogP contribution in [0.5, 0.6) is 17.2 Å². The molecule has 0 saturated carbocycles. The second kappa shape index (κ2) is 6.22. The molecule has 6 heteroatoms. The predicted octanol–water partition coefficient (Wildman–Crippen LogP) is 1.76. The van der Waals surface area contributed by atoms with Crippen LogP contribution in [0.3, 0.4) is 0 Å². The number of ether oxygens (including phenoxy) is 3. The maximum Gasteiger partial charge on any atom is 0.325 e. The first-order valence-electron chi connectivity index (χ1n) is 6.87. The largest absolute Gasteiger partial charge is 0.493 e. The van der Waals surface area contributed by atoms with Crippen molar-refractivity contribution in [3.63, 3.8) is 0 Å². The maximum absolute atomic E-state index is 11.6. The van der Waals surface area contributed by atoms with Crippen molar-refractivity contribution in [2.45, 2.75) is 31.8 Å². The minimum atomic E-state index is -0.931. The predicted molar refractivity (Wildman–Crippen MR) is 77.4 cm³/mol. The fraction of sp³-hybridized carbons (Fsp3) is 0.533. The lowest BCUT2D eigenvalue weighted by atomic mass is 9.88. The second-order valence-corrected chi connectivity index (χ2v) is 4.97. The first kappa shape index (κ1) is 15.4. The molecule has 0 bridgehead atoms. The van der Waals surface area contributed by atoms with E-state index in [0.717, 1.165) is 18.4 Å². The molecule has 1 heterocycles. The van der Waals surface area contributed by atoms with Crippen LogP contribution in [0.2, 0.25) is 0 Å². The van der Waals surface area contributed by atoms with Crippen LogP contribution in [0.15, 0.2) is 6.07 Å². The summed E-state index contributed by atoms with van der Waals surface area (Å²) in [5, 5.41) is 12.7. The molecule has 0 radical (unpaired) electrons. The van der Waals surface area contributed by atoms with Crippen molar-refractivity contribution >= 4 is 5.97 Å². The summed E-state index contributed by atoms with van der Waals surface area (Å²) in [6.45, 7) is 2.03. The molecule has 1 aromatic carbocycles. The Morgan fingerprint density at radius 2 is 1.95 bits per heavy atom. The van der Waals surface area contributed by atoms with Crippen molar-refractivity contribution in [1.82, 2.24) is 5.32 Å². The highest BCUT2D eigenvalue weighted by Crippen LogP contribution is 2.46. The van der Waals surface area contributed by atoms with Gasteiger partial charge >= 0.3 is 5.97 Å². The fourth-order valence-electron chi connectivity index (χ4n) is 2.81. The normalized spacial score (nSPS) is 20.6. The molecule has 0 amide bonds. The number of nitrogens with one attached hydrogen (secondary N) is 1. The number of hydrogen-bond donors (Lipinski definition) is 2. The summed E-state index contributed by atoms with van der Waals surface area (Å²) in [6.07, 6.45) is 1.58. The highest BCUT2D eigenvalue weighted by molar-refractivity contribution is 5.79. The maximum atomic E-state index is 11.6. The molecule has 0 saturated heterocycles. The standard InChI is InChI=1S/C15H21NO5/c1-5-9-6-8-7-10(19-2)13(20-3)14(21-4)11(8)12(16-9)15(17)18/h7,9,12,16H,5-6H2,1-4H3,(H,17,18). The lowest BCUT2D eigenvalue weighted by molar-refractivity contribution is -0.140. The van der Waals surface area contributed by atoms with Gasteiger partial charge in [0.15, 0.2) is 11.5 Å². The van der Waals surface area contributed by atoms with E-state index in [1.807, 2.05) is 13.0 Å². The Kier molecular flexibility index (Phi) is 4.57. The summed E-state index contributed by atoms with van der Waals surface area (Å²) in [7, 11) is 4.56. The minimum Gasteiger partial charge on any atom is -0.493 e. The highest BCUT2D eigenvalue weighted by Gasteiger charge is 2.35. The van der Waals surface area contributed by atoms with E-state index in [2.05, 4.69) is 5.32 Å². The Hall–Kier alpha value is -1.95. The third kappa shape index (κ3) is 2.63. The molecule has 2 rings (SSSR count). The molecule has 1 aliphatic rings. The Bertz CT molecular complexity index is 543. The van der Waals surface area contributed by atoms with Gasteiger partial charge in [-0.2, -0.15) is 0 Å². The molecule has 6 nitrogen and oxygen atoms in total. The summed E-state index contributed by atoms with van der Waals surface area (Å²) in [4.78, 5) is 11.6. The molecule has 0 spiro atoms. The molecule has 0 aromatic heterocycles. The van der Waals surface area contributed by atoms with Crippen molar-refractivity contribution in [3.05, 3.63) is 17.2 Å². The number of rotatable bonds is 5. The Balaban J connectivity index is 2.67. The van der Waals surface area contributed by atoms with Gasteiger partial charge in [0.1, 0.15) is 6.04 Å². The molecule has 0 aliphatic carbocycles. The molecule has 21 heavy (non-hydrogen) atoms. The van der Waals surface area contributed by atoms with Crippen LogP contribution in [0.25, 0.3) is 0 Å². The number of methoxy groups -OCH3 is 3. The number of carboxylic acid groups (broad SMARTS) is 1. The SMILES string of the molecule is CCC1Cc2cc(OC)c(OC)c(OC)c2C(C(=O)O)N1. The quantitative estimate of drug-likeness (QED) is 0.862. The lowest BCUT2D eigenvalue weighted by Crippen LogP contribution is -2.42. The molecule has 2 unspecified atom stereocenters. The third-order valence-corrected chi connectivity index (χ3v) is 3.85. The van der Waals surface area contributed by atoms with Crippen molar-refractivity contribution in [3.8, 4) is 17.2 Å². The van der Waals surface area contributed by atoms with E-state index in [1.165, 1.54) is 14.2 Å². The number of carbonyl (C=O) groups is 1. The minimum absolute atomic E-state index is 0.112. The molecule has 2 N–H and O–H groups in total. The van der Waals surface area contributed by atoms with Crippen LogP contribution in [0.1, 0.15) is 30.5 Å². The van der Waals surface area contributed by atoms with Gasteiger partial charge in [-0.1, -0.05) is 6.92 Å². The summed E-state index contributed by atoms with van der Waals surface area (Å²) in [6, 6.07) is 1.14. The zero-order chi connectivity index (χ0) is 15.6. The van der Waals surface area contributed by atoms with Crippen LogP contribution >= 0.6 is 0 Å². The lowest BCUT2D eigenvalue weighted by Gasteiger charge is -2.32. The van der Waals surface area contributed by atoms with Gasteiger partial charge < -0.3 is 19.3 Å². The average molecular weight is 295 g/mol. The van der Waals surface area contributed by atoms with Gasteiger partial charge in [0, 0.05) is 11.6 Å². The van der Waals surface area contributed by atoms with Crippen LogP contribution in [-0.4, -0.2) is 38.4 Å². The number of benzene rings is 1. The third-order valence-electron chi connectivity index (χ3n) is 3.85. The van der Waals surface area contributed by atoms with E-state index >= 15 is 0 Å². The van der Waals surface area contributed by atoms with Crippen LogP contribution in [0, 0.1) is 0 Å². The summed E-state index contributed by atoms with van der Waals surface area (Å²) < 4.78 is 16.1. The van der Waals surface area contributed by atoms with Gasteiger partial charge in [-0.05, 0) is 24.5 Å². The van der Waals surface area contributed by atoms with E-state index in [0.29, 0.717) is 22.8 Å². The number of fused-ring (bicyclic) bond motifs is 1. The van der Waals surface area contributed by atoms with Crippen molar-refractivity contribution < 1.29 is 24.1 Å². The monoisotopic (exact) mass is 295 g/mol. The van der Waals surface area contributed by atoms with E-state index in [-0.39, 0.29) is 6.04 Å². The number of aliphatic carboxylic acids is 1. The molecule has 1 aliphatic heterocycles. The van der Waals surface area contributed by atoms with Crippen molar-refractivity contribution in [2.24, 2.45) is 0 Å². The van der Waals surface area contributed by atoms with Gasteiger partial charge in [-0.3, -0.25) is 10.1 Å². The Labute approximate surface area is 124 Å².